The fourth-order valence-electron chi connectivity index (χ4n) is 1.78. The lowest BCUT2D eigenvalue weighted by molar-refractivity contribution is -0.137. The van der Waals surface area contributed by atoms with Gasteiger partial charge in [0.2, 0.25) is 11.8 Å². The molecule has 0 aliphatic heterocycles. The van der Waals surface area contributed by atoms with Crippen molar-refractivity contribution in [2.45, 2.75) is 25.3 Å². The highest BCUT2D eigenvalue weighted by Crippen LogP contribution is 2.09. The lowest BCUT2D eigenvalue weighted by atomic mass is 10.2. The molecule has 8 heteroatoms. The molecule has 0 aliphatic rings. The molecular weight excluding hydrogens is 312 g/mol. The van der Waals surface area contributed by atoms with E-state index in [1.807, 2.05) is 0 Å². The molecule has 0 bridgehead atoms. The van der Waals surface area contributed by atoms with Crippen LogP contribution in [-0.4, -0.2) is 35.1 Å². The molecule has 1 rings (SSSR count). The van der Waals surface area contributed by atoms with Crippen LogP contribution in [0.3, 0.4) is 0 Å². The van der Waals surface area contributed by atoms with Crippen LogP contribution >= 0.6 is 0 Å². The smallest absolute Gasteiger partial charge is 0.306 e. The maximum Gasteiger partial charge on any atom is 0.306 e. The number of hydrogen-bond donors (Lipinski definition) is 4. The van der Waals surface area contributed by atoms with Crippen molar-refractivity contribution in [3.05, 3.63) is 29.8 Å². The number of amides is 2. The Labute approximate surface area is 139 Å². The van der Waals surface area contributed by atoms with E-state index in [1.165, 1.54) is 6.21 Å². The van der Waals surface area contributed by atoms with Crippen LogP contribution in [0.25, 0.3) is 0 Å². The van der Waals surface area contributed by atoms with Gasteiger partial charge in [0.05, 0.1) is 12.6 Å². The highest BCUT2D eigenvalue weighted by molar-refractivity contribution is 5.93. The first-order valence-corrected chi connectivity index (χ1v) is 7.05. The van der Waals surface area contributed by atoms with Crippen LogP contribution in [0.2, 0.25) is 0 Å². The molecule has 1 unspecified atom stereocenters. The highest BCUT2D eigenvalue weighted by Gasteiger charge is 2.14. The van der Waals surface area contributed by atoms with Gasteiger partial charge in [0.25, 0.3) is 0 Å². The molecule has 1 atom stereocenters. The van der Waals surface area contributed by atoms with E-state index in [1.54, 1.807) is 24.3 Å². The summed E-state index contributed by atoms with van der Waals surface area (Å²) < 4.78 is 0. The molecule has 126 valence electrons. The third-order valence-corrected chi connectivity index (χ3v) is 2.91. The summed E-state index contributed by atoms with van der Waals surface area (Å²) in [7, 11) is 0. The molecule has 0 radical (unpaired) electrons. The zero-order valence-electron chi connectivity index (χ0n) is 12.9. The fourth-order valence-corrected chi connectivity index (χ4v) is 1.78. The summed E-state index contributed by atoms with van der Waals surface area (Å²) in [4.78, 5) is 34.0. The number of nitrogens with zero attached hydrogens (tertiary/aromatic N) is 1. The molecule has 2 amide bonds. The number of aliphatic carboxylic acids is 1. The van der Waals surface area contributed by atoms with E-state index in [-0.39, 0.29) is 25.2 Å². The van der Waals surface area contributed by atoms with Crippen molar-refractivity contribution in [2.24, 2.45) is 10.9 Å². The molecule has 0 heterocycles. The minimum Gasteiger partial charge on any atom is -0.481 e. The molecule has 0 aromatic heterocycles. The molecule has 8 nitrogen and oxygen atoms in total. The number of carboxylic acid groups (broad SMARTS) is 1. The van der Waals surface area contributed by atoms with Crippen LogP contribution in [0.1, 0.15) is 24.8 Å². The van der Waals surface area contributed by atoms with Gasteiger partial charge in [0.1, 0.15) is 6.04 Å². The molecule has 24 heavy (non-hydrogen) atoms. The van der Waals surface area contributed by atoms with E-state index in [0.717, 1.165) is 5.56 Å². The quantitative estimate of drug-likeness (QED) is 0.235. The Morgan fingerprint density at radius 2 is 1.88 bits per heavy atom. The number of carbonyl (C=O) groups excluding carboxylic acids is 2. The third kappa shape index (κ3) is 7.09. The summed E-state index contributed by atoms with van der Waals surface area (Å²) in [5.74, 6) is 5.27. The largest absolute Gasteiger partial charge is 0.481 e. The van der Waals surface area contributed by atoms with Gasteiger partial charge in [0.15, 0.2) is 0 Å². The van der Waals surface area contributed by atoms with E-state index in [0.29, 0.717) is 5.69 Å². The van der Waals surface area contributed by atoms with Gasteiger partial charge in [-0.25, -0.2) is 0 Å². The zero-order valence-corrected chi connectivity index (χ0v) is 12.9. The number of anilines is 1. The first kappa shape index (κ1) is 18.7. The summed E-state index contributed by atoms with van der Waals surface area (Å²) in [6.45, 7) is 0. The average Bonchev–Trinajstić information content (AvgIpc) is 2.54. The predicted molar refractivity (Wildman–Crippen MR) is 89.1 cm³/mol. The fraction of sp³-hybridized carbons (Fsp3) is 0.250. The van der Waals surface area contributed by atoms with Crippen LogP contribution in [0.15, 0.2) is 29.4 Å². The molecule has 0 fully saturated rings. The SMILES string of the molecule is C#CC(CC(=O)O)NC(=O)CCC(=O)Nc1ccc(C=NN)cc1. The van der Waals surface area contributed by atoms with Gasteiger partial charge in [-0.15, -0.1) is 6.42 Å². The van der Waals surface area contributed by atoms with Crippen molar-refractivity contribution < 1.29 is 19.5 Å². The molecule has 0 saturated heterocycles. The standard InChI is InChI=1S/C16H18N4O4/c1-2-12(9-16(23)24)19-14(21)7-8-15(22)20-13-5-3-11(4-6-13)10-18-17/h1,3-6,10,12H,7-9,17H2,(H,19,21)(H,20,22)(H,23,24). The minimum atomic E-state index is -1.11. The molecule has 0 aliphatic carbocycles. The molecule has 1 aromatic rings. The van der Waals surface area contributed by atoms with Gasteiger partial charge < -0.3 is 21.6 Å². The Balaban J connectivity index is 2.41. The van der Waals surface area contributed by atoms with Gasteiger partial charge in [-0.05, 0) is 17.7 Å². The van der Waals surface area contributed by atoms with Crippen LogP contribution in [0, 0.1) is 12.3 Å². The summed E-state index contributed by atoms with van der Waals surface area (Å²) >= 11 is 0. The second-order valence-corrected chi connectivity index (χ2v) is 4.83. The second kappa shape index (κ2) is 9.63. The van der Waals surface area contributed by atoms with Crippen LogP contribution < -0.4 is 16.5 Å². The monoisotopic (exact) mass is 330 g/mol. The zero-order chi connectivity index (χ0) is 17.9. The average molecular weight is 330 g/mol. The van der Waals surface area contributed by atoms with Crippen molar-refractivity contribution in [1.82, 2.24) is 5.32 Å². The molecule has 1 aromatic carbocycles. The van der Waals surface area contributed by atoms with Gasteiger partial charge in [-0.2, -0.15) is 5.10 Å². The number of carboxylic acids is 1. The summed E-state index contributed by atoms with van der Waals surface area (Å²) in [6, 6.07) is 5.91. The minimum absolute atomic E-state index is 0.0534. The molecular formula is C16H18N4O4. The third-order valence-electron chi connectivity index (χ3n) is 2.91. The van der Waals surface area contributed by atoms with Gasteiger partial charge in [0, 0.05) is 18.5 Å². The predicted octanol–water partition coefficient (Wildman–Crippen LogP) is 0.291. The maximum absolute atomic E-state index is 11.8. The second-order valence-electron chi connectivity index (χ2n) is 4.83. The number of hydrazone groups is 1. The van der Waals surface area contributed by atoms with Crippen molar-refractivity contribution in [2.75, 3.05) is 5.32 Å². The summed E-state index contributed by atoms with van der Waals surface area (Å²) in [6.07, 6.45) is 6.09. The molecule has 0 saturated carbocycles. The molecule has 5 N–H and O–H groups in total. The van der Waals surface area contributed by atoms with E-state index >= 15 is 0 Å². The normalized spacial score (nSPS) is 11.5. The van der Waals surface area contributed by atoms with Gasteiger partial charge >= 0.3 is 5.97 Å². The van der Waals surface area contributed by atoms with Crippen molar-refractivity contribution >= 4 is 29.7 Å². The highest BCUT2D eigenvalue weighted by atomic mass is 16.4. The number of carbonyl (C=O) groups is 3. The van der Waals surface area contributed by atoms with Crippen molar-refractivity contribution in [3.8, 4) is 12.3 Å². The van der Waals surface area contributed by atoms with Crippen LogP contribution in [0.4, 0.5) is 5.69 Å². The topological polar surface area (TPSA) is 134 Å². The van der Waals surface area contributed by atoms with Crippen molar-refractivity contribution in [1.29, 1.82) is 0 Å². The first-order chi connectivity index (χ1) is 11.4. The number of nitrogens with two attached hydrogens (primary N) is 1. The Morgan fingerprint density at radius 1 is 1.25 bits per heavy atom. The van der Waals surface area contributed by atoms with Crippen LogP contribution in [0.5, 0.6) is 0 Å². The van der Waals surface area contributed by atoms with E-state index < -0.39 is 17.9 Å². The number of nitrogens with one attached hydrogen (secondary N) is 2. The number of hydrogen-bond acceptors (Lipinski definition) is 5. The van der Waals surface area contributed by atoms with Crippen LogP contribution in [-0.2, 0) is 14.4 Å². The Kier molecular flexibility index (Phi) is 7.51. The summed E-state index contributed by atoms with van der Waals surface area (Å²) in [5, 5.41) is 17.0. The van der Waals surface area contributed by atoms with Gasteiger partial charge in [-0.3, -0.25) is 14.4 Å². The lowest BCUT2D eigenvalue weighted by Crippen LogP contribution is -2.35. The first-order valence-electron chi connectivity index (χ1n) is 7.05. The summed E-state index contributed by atoms with van der Waals surface area (Å²) in [5.41, 5.74) is 1.36. The lowest BCUT2D eigenvalue weighted by Gasteiger charge is -2.11. The maximum atomic E-state index is 11.8. The van der Waals surface area contributed by atoms with E-state index in [9.17, 15) is 14.4 Å². The Hall–Kier alpha value is -3.34. The number of rotatable bonds is 8. The van der Waals surface area contributed by atoms with E-state index in [4.69, 9.17) is 17.4 Å². The number of terminal acetylenes is 1. The van der Waals surface area contributed by atoms with E-state index in [2.05, 4.69) is 21.7 Å². The Bertz CT molecular complexity index is 662. The Morgan fingerprint density at radius 3 is 2.42 bits per heavy atom. The van der Waals surface area contributed by atoms with Crippen molar-refractivity contribution in [3.63, 3.8) is 0 Å². The number of benzene rings is 1. The van der Waals surface area contributed by atoms with Gasteiger partial charge in [-0.1, -0.05) is 18.1 Å². The molecule has 0 spiro atoms.